The van der Waals surface area contributed by atoms with E-state index in [2.05, 4.69) is 5.32 Å². The third-order valence-corrected chi connectivity index (χ3v) is 4.29. The lowest BCUT2D eigenvalue weighted by Crippen LogP contribution is -2.16. The van der Waals surface area contributed by atoms with Crippen LogP contribution in [0, 0.1) is 0 Å². The highest BCUT2D eigenvalue weighted by atomic mass is 32.2. The van der Waals surface area contributed by atoms with Crippen LogP contribution in [0.1, 0.15) is 11.6 Å². The number of hydrogen-bond donors (Lipinski definition) is 1. The van der Waals surface area contributed by atoms with Gasteiger partial charge in [0.2, 0.25) is 0 Å². The van der Waals surface area contributed by atoms with E-state index in [9.17, 15) is 8.42 Å². The number of ether oxygens (including phenoxy) is 1. The van der Waals surface area contributed by atoms with Crippen LogP contribution in [0.25, 0.3) is 0 Å². The van der Waals surface area contributed by atoms with E-state index in [1.165, 1.54) is 6.26 Å². The van der Waals surface area contributed by atoms with Gasteiger partial charge >= 0.3 is 0 Å². The number of benzene rings is 2. The predicted molar refractivity (Wildman–Crippen MR) is 84.2 cm³/mol. The molecule has 2 rings (SSSR count). The van der Waals surface area contributed by atoms with Gasteiger partial charge in [0.25, 0.3) is 0 Å². The Labute approximate surface area is 125 Å². The van der Waals surface area contributed by atoms with E-state index in [1.54, 1.807) is 31.4 Å². The molecule has 0 aliphatic heterocycles. The molecule has 0 aliphatic rings. The molecular formula is C16H19NO3S. The molecule has 0 radical (unpaired) electrons. The number of sulfone groups is 1. The van der Waals surface area contributed by atoms with Crippen LogP contribution in [-0.4, -0.2) is 28.4 Å². The monoisotopic (exact) mass is 305 g/mol. The smallest absolute Gasteiger partial charge is 0.175 e. The summed E-state index contributed by atoms with van der Waals surface area (Å²) in [6.45, 7) is 0.526. The Balaban J connectivity index is 2.18. The Morgan fingerprint density at radius 1 is 1.05 bits per heavy atom. The summed E-state index contributed by atoms with van der Waals surface area (Å²) in [7, 11) is -1.51. The summed E-state index contributed by atoms with van der Waals surface area (Å²) >= 11 is 0. The molecule has 5 heteroatoms. The standard InChI is InChI=1S/C16H19NO3S/c1-20-12-16(13-6-4-3-5-7-13)17-14-8-10-15(11-9-14)21(2,18)19/h3-11,16-17H,12H2,1-2H3. The van der Waals surface area contributed by atoms with Crippen molar-refractivity contribution in [2.75, 3.05) is 25.3 Å². The highest BCUT2D eigenvalue weighted by Gasteiger charge is 2.12. The topological polar surface area (TPSA) is 55.4 Å². The molecule has 0 aromatic heterocycles. The Morgan fingerprint density at radius 3 is 2.19 bits per heavy atom. The molecule has 1 atom stereocenters. The molecule has 0 heterocycles. The fraction of sp³-hybridized carbons (Fsp3) is 0.250. The molecule has 0 amide bonds. The van der Waals surface area contributed by atoms with E-state index in [-0.39, 0.29) is 6.04 Å². The van der Waals surface area contributed by atoms with Crippen molar-refractivity contribution in [2.24, 2.45) is 0 Å². The van der Waals surface area contributed by atoms with Crippen molar-refractivity contribution < 1.29 is 13.2 Å². The molecule has 0 aliphatic carbocycles. The molecule has 21 heavy (non-hydrogen) atoms. The molecule has 0 fully saturated rings. The summed E-state index contributed by atoms with van der Waals surface area (Å²) < 4.78 is 28.2. The van der Waals surface area contributed by atoms with Crippen LogP contribution in [0.4, 0.5) is 5.69 Å². The van der Waals surface area contributed by atoms with Crippen molar-refractivity contribution >= 4 is 15.5 Å². The van der Waals surface area contributed by atoms with Gasteiger partial charge in [-0.25, -0.2) is 8.42 Å². The first-order valence-corrected chi connectivity index (χ1v) is 8.50. The molecule has 0 saturated heterocycles. The quantitative estimate of drug-likeness (QED) is 0.891. The Kier molecular flexibility index (Phi) is 4.98. The summed E-state index contributed by atoms with van der Waals surface area (Å²) in [5.74, 6) is 0. The molecule has 2 aromatic rings. The van der Waals surface area contributed by atoms with Gasteiger partial charge in [0, 0.05) is 19.1 Å². The van der Waals surface area contributed by atoms with Gasteiger partial charge in [-0.1, -0.05) is 30.3 Å². The average Bonchev–Trinajstić information content (AvgIpc) is 2.47. The fourth-order valence-corrected chi connectivity index (χ4v) is 2.70. The lowest BCUT2D eigenvalue weighted by Gasteiger charge is -2.19. The van der Waals surface area contributed by atoms with Gasteiger partial charge in [0.1, 0.15) is 0 Å². The minimum absolute atomic E-state index is 0.0142. The zero-order valence-corrected chi connectivity index (χ0v) is 12.9. The minimum Gasteiger partial charge on any atom is -0.382 e. The second kappa shape index (κ2) is 6.74. The van der Waals surface area contributed by atoms with E-state index in [4.69, 9.17) is 4.74 Å². The Hall–Kier alpha value is -1.85. The molecule has 4 nitrogen and oxygen atoms in total. The Bertz CT molecular complexity index is 666. The normalized spacial score (nSPS) is 12.9. The number of methoxy groups -OCH3 is 1. The second-order valence-corrected chi connectivity index (χ2v) is 6.88. The molecule has 0 spiro atoms. The maximum atomic E-state index is 11.4. The summed E-state index contributed by atoms with van der Waals surface area (Å²) in [5.41, 5.74) is 1.97. The second-order valence-electron chi connectivity index (χ2n) is 4.86. The first-order valence-electron chi connectivity index (χ1n) is 6.61. The van der Waals surface area contributed by atoms with Crippen LogP contribution in [0.2, 0.25) is 0 Å². The van der Waals surface area contributed by atoms with Gasteiger partial charge in [-0.2, -0.15) is 0 Å². The summed E-state index contributed by atoms with van der Waals surface area (Å²) in [4.78, 5) is 0.316. The molecule has 0 saturated carbocycles. The highest BCUT2D eigenvalue weighted by Crippen LogP contribution is 2.21. The fourth-order valence-electron chi connectivity index (χ4n) is 2.07. The molecule has 1 unspecified atom stereocenters. The van der Waals surface area contributed by atoms with Crippen LogP contribution in [-0.2, 0) is 14.6 Å². The number of rotatable bonds is 6. The average molecular weight is 305 g/mol. The van der Waals surface area contributed by atoms with Crippen LogP contribution in [0.3, 0.4) is 0 Å². The number of hydrogen-bond acceptors (Lipinski definition) is 4. The maximum Gasteiger partial charge on any atom is 0.175 e. The third-order valence-electron chi connectivity index (χ3n) is 3.16. The van der Waals surface area contributed by atoms with Crippen LogP contribution in [0.5, 0.6) is 0 Å². The van der Waals surface area contributed by atoms with Gasteiger partial charge in [0.15, 0.2) is 9.84 Å². The third kappa shape index (κ3) is 4.31. The lowest BCUT2D eigenvalue weighted by molar-refractivity contribution is 0.186. The van der Waals surface area contributed by atoms with Gasteiger partial charge in [0.05, 0.1) is 17.5 Å². The van der Waals surface area contributed by atoms with Gasteiger partial charge in [-0.3, -0.25) is 0 Å². The first kappa shape index (κ1) is 15.5. The summed E-state index contributed by atoms with van der Waals surface area (Å²) in [6.07, 6.45) is 1.20. The van der Waals surface area contributed by atoms with Crippen molar-refractivity contribution in [3.8, 4) is 0 Å². The highest BCUT2D eigenvalue weighted by molar-refractivity contribution is 7.90. The Morgan fingerprint density at radius 2 is 1.67 bits per heavy atom. The predicted octanol–water partition coefficient (Wildman–Crippen LogP) is 2.89. The molecule has 112 valence electrons. The SMILES string of the molecule is COCC(Nc1ccc(S(C)(=O)=O)cc1)c1ccccc1. The van der Waals surface area contributed by atoms with Crippen molar-refractivity contribution in [1.29, 1.82) is 0 Å². The lowest BCUT2D eigenvalue weighted by atomic mass is 10.1. The summed E-state index contributed by atoms with van der Waals surface area (Å²) in [6, 6.07) is 16.7. The molecular weight excluding hydrogens is 286 g/mol. The largest absolute Gasteiger partial charge is 0.382 e. The molecule has 0 bridgehead atoms. The molecule has 2 aromatic carbocycles. The van der Waals surface area contributed by atoms with E-state index >= 15 is 0 Å². The van der Waals surface area contributed by atoms with Crippen LogP contribution in [0.15, 0.2) is 59.5 Å². The van der Waals surface area contributed by atoms with E-state index < -0.39 is 9.84 Å². The van der Waals surface area contributed by atoms with E-state index in [0.29, 0.717) is 11.5 Å². The van der Waals surface area contributed by atoms with Crippen molar-refractivity contribution in [2.45, 2.75) is 10.9 Å². The van der Waals surface area contributed by atoms with Crippen LogP contribution >= 0.6 is 0 Å². The van der Waals surface area contributed by atoms with E-state index in [1.807, 2.05) is 30.3 Å². The number of nitrogens with one attached hydrogen (secondary N) is 1. The van der Waals surface area contributed by atoms with E-state index in [0.717, 1.165) is 11.3 Å². The minimum atomic E-state index is -3.16. The maximum absolute atomic E-state index is 11.4. The van der Waals surface area contributed by atoms with Crippen molar-refractivity contribution in [3.63, 3.8) is 0 Å². The van der Waals surface area contributed by atoms with Gasteiger partial charge in [-0.15, -0.1) is 0 Å². The zero-order chi connectivity index (χ0) is 15.3. The molecule has 1 N–H and O–H groups in total. The van der Waals surface area contributed by atoms with Crippen LogP contribution < -0.4 is 5.32 Å². The van der Waals surface area contributed by atoms with Crippen molar-refractivity contribution in [3.05, 3.63) is 60.2 Å². The van der Waals surface area contributed by atoms with Gasteiger partial charge < -0.3 is 10.1 Å². The number of anilines is 1. The van der Waals surface area contributed by atoms with Crippen molar-refractivity contribution in [1.82, 2.24) is 0 Å². The van der Waals surface area contributed by atoms with Gasteiger partial charge in [-0.05, 0) is 29.8 Å². The first-order chi connectivity index (χ1) is 10.0. The summed E-state index contributed by atoms with van der Waals surface area (Å²) in [5, 5.41) is 3.36. The zero-order valence-electron chi connectivity index (χ0n) is 12.1.